The van der Waals surface area contributed by atoms with Gasteiger partial charge in [0.25, 0.3) is 5.69 Å². The standard InChI is InChI=1S/C28H27N3O10/c1-10-14-8-12(11-4-6-13(7-5-11)31(40)41)9-15(32)17(14)22(33)18-16(10)23(34)20-21(30(2)3)24(35)19(27(29)38)26(37)28(20,39)25(18)36/h4-10,16,18-21,23,32,34,39H,1-3H3,(H2,29,38)/t10-,16+,18?,19?,20+,21-,23-,28-/m1/s1. The molecule has 0 heterocycles. The zero-order chi connectivity index (χ0) is 30.3. The van der Waals surface area contributed by atoms with Crippen LogP contribution in [-0.2, 0) is 19.2 Å². The van der Waals surface area contributed by atoms with E-state index in [-0.39, 0.29) is 16.8 Å². The maximum Gasteiger partial charge on any atom is 0.269 e. The molecule has 0 aliphatic heterocycles. The first-order valence-corrected chi connectivity index (χ1v) is 12.8. The minimum absolute atomic E-state index is 0.149. The van der Waals surface area contributed by atoms with Gasteiger partial charge in [-0.1, -0.05) is 6.92 Å². The summed E-state index contributed by atoms with van der Waals surface area (Å²) in [4.78, 5) is 78.2. The van der Waals surface area contributed by atoms with Crippen molar-refractivity contribution in [1.29, 1.82) is 0 Å². The number of phenols is 1. The Labute approximate surface area is 232 Å². The number of primary amides is 1. The molecule has 2 aromatic rings. The van der Waals surface area contributed by atoms with Crippen molar-refractivity contribution < 1.29 is 44.2 Å². The average molecular weight is 566 g/mol. The summed E-state index contributed by atoms with van der Waals surface area (Å²) in [5.41, 5.74) is 3.01. The molecule has 2 unspecified atom stereocenters. The fourth-order valence-electron chi connectivity index (χ4n) is 6.96. The highest BCUT2D eigenvalue weighted by Crippen LogP contribution is 2.54. The van der Waals surface area contributed by atoms with E-state index in [1.807, 2.05) is 0 Å². The van der Waals surface area contributed by atoms with E-state index >= 15 is 0 Å². The van der Waals surface area contributed by atoms with Crippen LogP contribution in [-0.4, -0.2) is 86.0 Å². The monoisotopic (exact) mass is 565 g/mol. The normalized spacial score (nSPS) is 32.8. The van der Waals surface area contributed by atoms with Crippen LogP contribution in [0.3, 0.4) is 0 Å². The van der Waals surface area contributed by atoms with Gasteiger partial charge in [-0.2, -0.15) is 0 Å². The second-order valence-electron chi connectivity index (χ2n) is 11.1. The molecular weight excluding hydrogens is 538 g/mol. The molecule has 13 nitrogen and oxygen atoms in total. The number of carbonyl (C=O) groups excluding carboxylic acids is 5. The first-order chi connectivity index (χ1) is 19.1. The van der Waals surface area contributed by atoms with Gasteiger partial charge in [0.15, 0.2) is 34.7 Å². The molecule has 2 fully saturated rings. The highest BCUT2D eigenvalue weighted by atomic mass is 16.6. The lowest BCUT2D eigenvalue weighted by Gasteiger charge is -2.56. The Hall–Kier alpha value is -4.33. The van der Waals surface area contributed by atoms with Gasteiger partial charge < -0.3 is 21.1 Å². The molecule has 5 rings (SSSR count). The Morgan fingerprint density at radius 3 is 2.20 bits per heavy atom. The highest BCUT2D eigenvalue weighted by molar-refractivity contribution is 6.32. The largest absolute Gasteiger partial charge is 0.507 e. The molecular formula is C28H27N3O10. The van der Waals surface area contributed by atoms with E-state index in [9.17, 15) is 49.4 Å². The number of fused-ring (bicyclic) bond motifs is 3. The van der Waals surface area contributed by atoms with Crippen LogP contribution in [0, 0.1) is 33.8 Å². The van der Waals surface area contributed by atoms with Crippen LogP contribution in [0.2, 0.25) is 0 Å². The van der Waals surface area contributed by atoms with Crippen molar-refractivity contribution >= 4 is 34.7 Å². The summed E-state index contributed by atoms with van der Waals surface area (Å²) in [6.45, 7) is 1.60. The van der Waals surface area contributed by atoms with Gasteiger partial charge in [0.1, 0.15) is 5.75 Å². The molecule has 0 radical (unpaired) electrons. The molecule has 2 saturated carbocycles. The van der Waals surface area contributed by atoms with Crippen LogP contribution in [0.4, 0.5) is 5.69 Å². The number of ketones is 4. The zero-order valence-electron chi connectivity index (χ0n) is 22.2. The quantitative estimate of drug-likeness (QED) is 0.219. The van der Waals surface area contributed by atoms with Crippen molar-refractivity contribution in [2.75, 3.05) is 14.1 Å². The number of nitro groups is 1. The molecule has 2 aromatic carbocycles. The van der Waals surface area contributed by atoms with E-state index in [1.54, 1.807) is 13.0 Å². The van der Waals surface area contributed by atoms with E-state index < -0.39 is 87.0 Å². The molecule has 214 valence electrons. The molecule has 0 saturated heterocycles. The first kappa shape index (κ1) is 28.2. The van der Waals surface area contributed by atoms with Crippen LogP contribution in [0.5, 0.6) is 5.75 Å². The number of non-ortho nitro benzene ring substituents is 1. The average Bonchev–Trinajstić information content (AvgIpc) is 2.90. The maximum absolute atomic E-state index is 13.9. The van der Waals surface area contributed by atoms with Crippen molar-refractivity contribution in [3.63, 3.8) is 0 Å². The summed E-state index contributed by atoms with van der Waals surface area (Å²) in [6, 6.07) is 6.84. The number of hydrogen-bond acceptors (Lipinski definition) is 11. The van der Waals surface area contributed by atoms with E-state index in [2.05, 4.69) is 0 Å². The van der Waals surface area contributed by atoms with Crippen LogP contribution < -0.4 is 5.73 Å². The Balaban J connectivity index is 1.66. The van der Waals surface area contributed by atoms with Gasteiger partial charge >= 0.3 is 0 Å². The van der Waals surface area contributed by atoms with E-state index in [0.717, 1.165) is 0 Å². The van der Waals surface area contributed by atoms with Crippen molar-refractivity contribution in [1.82, 2.24) is 4.90 Å². The number of rotatable bonds is 4. The molecule has 8 atom stereocenters. The second kappa shape index (κ2) is 9.36. The Morgan fingerprint density at radius 2 is 1.66 bits per heavy atom. The zero-order valence-corrected chi connectivity index (χ0v) is 22.2. The molecule has 3 aliphatic rings. The number of nitro benzene ring substituents is 1. The van der Waals surface area contributed by atoms with Crippen LogP contribution >= 0.6 is 0 Å². The van der Waals surface area contributed by atoms with E-state index in [1.165, 1.54) is 49.3 Å². The van der Waals surface area contributed by atoms with Gasteiger partial charge in [0, 0.05) is 18.1 Å². The van der Waals surface area contributed by atoms with Gasteiger partial charge in [-0.25, -0.2) is 0 Å². The number of Topliss-reactive ketones (excluding diaryl/α,β-unsaturated/α-hetero) is 4. The van der Waals surface area contributed by atoms with Crippen LogP contribution in [0.25, 0.3) is 11.1 Å². The molecule has 0 spiro atoms. The molecule has 0 bridgehead atoms. The maximum atomic E-state index is 13.9. The topological polar surface area (TPSA) is 218 Å². The minimum Gasteiger partial charge on any atom is -0.507 e. The van der Waals surface area contributed by atoms with Gasteiger partial charge in [-0.15, -0.1) is 0 Å². The molecule has 1 amide bonds. The Morgan fingerprint density at radius 1 is 1.05 bits per heavy atom. The number of amides is 1. The number of carbonyl (C=O) groups is 5. The molecule has 13 heteroatoms. The number of aliphatic hydroxyl groups excluding tert-OH is 1. The number of likely N-dealkylation sites (N-methyl/N-ethyl adjacent to an activating group) is 1. The molecule has 0 aromatic heterocycles. The summed E-state index contributed by atoms with van der Waals surface area (Å²) < 4.78 is 0. The van der Waals surface area contributed by atoms with Crippen molar-refractivity contribution in [3.05, 3.63) is 57.6 Å². The predicted octanol–water partition coefficient (Wildman–Crippen LogP) is -0.0260. The fourth-order valence-corrected chi connectivity index (χ4v) is 6.96. The lowest BCUT2D eigenvalue weighted by Crippen LogP contribution is -2.77. The van der Waals surface area contributed by atoms with E-state index in [0.29, 0.717) is 11.1 Å². The number of aromatic hydroxyl groups is 1. The lowest BCUT2D eigenvalue weighted by atomic mass is 9.49. The fraction of sp³-hybridized carbons (Fsp3) is 0.393. The summed E-state index contributed by atoms with van der Waals surface area (Å²) >= 11 is 0. The molecule has 41 heavy (non-hydrogen) atoms. The lowest BCUT2D eigenvalue weighted by molar-refractivity contribution is -0.384. The number of nitrogens with zero attached hydrogens (tertiary/aromatic N) is 2. The third kappa shape index (κ3) is 3.76. The van der Waals surface area contributed by atoms with Crippen molar-refractivity contribution in [2.45, 2.75) is 30.6 Å². The highest BCUT2D eigenvalue weighted by Gasteiger charge is 2.72. The molecule has 5 N–H and O–H groups in total. The Kier molecular flexibility index (Phi) is 6.44. The first-order valence-electron chi connectivity index (χ1n) is 12.8. The minimum atomic E-state index is -3.07. The summed E-state index contributed by atoms with van der Waals surface area (Å²) in [6.07, 6.45) is -1.74. The van der Waals surface area contributed by atoms with Gasteiger partial charge in [0.2, 0.25) is 5.91 Å². The summed E-state index contributed by atoms with van der Waals surface area (Å²) in [5, 5.41) is 45.3. The van der Waals surface area contributed by atoms with Gasteiger partial charge in [0.05, 0.1) is 34.5 Å². The number of nitrogens with two attached hydrogens (primary N) is 1. The number of phenolic OH excluding ortho intramolecular Hbond substituents is 1. The predicted molar refractivity (Wildman–Crippen MR) is 140 cm³/mol. The number of benzene rings is 2. The van der Waals surface area contributed by atoms with Crippen molar-refractivity contribution in [3.8, 4) is 16.9 Å². The third-order valence-corrected chi connectivity index (χ3v) is 8.84. The number of hydrogen-bond donors (Lipinski definition) is 4. The van der Waals surface area contributed by atoms with Crippen molar-refractivity contribution in [2.24, 2.45) is 29.4 Å². The van der Waals surface area contributed by atoms with Crippen LogP contribution in [0.15, 0.2) is 36.4 Å². The molecule has 3 aliphatic carbocycles. The summed E-state index contributed by atoms with van der Waals surface area (Å²) in [5.74, 6) is -14.2. The van der Waals surface area contributed by atoms with Gasteiger partial charge in [-0.3, -0.25) is 39.0 Å². The summed E-state index contributed by atoms with van der Waals surface area (Å²) in [7, 11) is 2.83. The van der Waals surface area contributed by atoms with Crippen LogP contribution in [0.1, 0.15) is 28.8 Å². The third-order valence-electron chi connectivity index (χ3n) is 8.84. The second-order valence-corrected chi connectivity index (χ2v) is 11.1. The SMILES string of the molecule is C[C@@H]1c2cc(-c3ccc([N+](=O)[O-])cc3)cc(O)c2C(=O)C2C(=O)[C@@]3(O)C(=O)C(C(N)=O)C(=O)[C@H](N(C)C)[C@H]3[C@H](O)[C@H]21. The Bertz CT molecular complexity index is 1550. The smallest absolute Gasteiger partial charge is 0.269 e. The van der Waals surface area contributed by atoms with E-state index in [4.69, 9.17) is 5.73 Å². The van der Waals surface area contributed by atoms with Gasteiger partial charge in [-0.05, 0) is 61.0 Å². The number of aliphatic hydroxyl groups is 2.